The van der Waals surface area contributed by atoms with Crippen LogP contribution in [0.25, 0.3) is 10.8 Å². The number of halogens is 1. The zero-order valence-corrected chi connectivity index (χ0v) is 14.4. The lowest BCUT2D eigenvalue weighted by atomic mass is 9.99. The number of amides is 1. The number of rotatable bonds is 3. The molecule has 0 atom stereocenters. The first-order valence-corrected chi connectivity index (χ1v) is 8.05. The lowest BCUT2D eigenvalue weighted by Gasteiger charge is -2.12. The Morgan fingerprint density at radius 2 is 1.96 bits per heavy atom. The number of phenolic OH excluding ortho intramolecular Hbond substituents is 1. The molecule has 0 aliphatic rings. The molecule has 2 N–H and O–H groups in total. The molecule has 0 heterocycles. The fourth-order valence-electron chi connectivity index (χ4n) is 2.53. The van der Waals surface area contributed by atoms with Gasteiger partial charge in [-0.25, -0.2) is 0 Å². The van der Waals surface area contributed by atoms with Crippen LogP contribution in [0.1, 0.15) is 26.3 Å². The fraction of sp³-hybridized carbons (Fsp3) is 0. The number of aldehydes is 1. The first kappa shape index (κ1) is 16.7. The van der Waals surface area contributed by atoms with Crippen LogP contribution in [0.3, 0.4) is 0 Å². The van der Waals surface area contributed by atoms with Gasteiger partial charge in [0, 0.05) is 4.47 Å². The van der Waals surface area contributed by atoms with Gasteiger partial charge in [-0.1, -0.05) is 24.3 Å². The predicted molar refractivity (Wildman–Crippen MR) is 97.8 cm³/mol. The zero-order valence-electron chi connectivity index (χ0n) is 12.8. The number of hydrogen-bond donors (Lipinski definition) is 2. The molecule has 122 valence electrons. The van der Waals surface area contributed by atoms with E-state index in [0.29, 0.717) is 32.8 Å². The Hall–Kier alpha value is -3.17. The molecule has 25 heavy (non-hydrogen) atoms. The average molecular weight is 395 g/mol. The van der Waals surface area contributed by atoms with Gasteiger partial charge in [0.1, 0.15) is 5.75 Å². The number of phenols is 1. The van der Waals surface area contributed by atoms with Gasteiger partial charge >= 0.3 is 0 Å². The Morgan fingerprint density at radius 3 is 2.64 bits per heavy atom. The molecule has 0 saturated heterocycles. The van der Waals surface area contributed by atoms with Crippen LogP contribution in [-0.2, 0) is 0 Å². The van der Waals surface area contributed by atoms with Crippen LogP contribution in [-0.4, -0.2) is 17.3 Å². The molecular formula is C19H11BrN2O3. The summed E-state index contributed by atoms with van der Waals surface area (Å²) in [5.41, 5.74) is 0.963. The Kier molecular flexibility index (Phi) is 4.50. The maximum absolute atomic E-state index is 12.6. The molecule has 0 fully saturated rings. The van der Waals surface area contributed by atoms with Gasteiger partial charge in [0.2, 0.25) is 0 Å². The zero-order chi connectivity index (χ0) is 18.0. The van der Waals surface area contributed by atoms with Gasteiger partial charge in [0.15, 0.2) is 6.29 Å². The maximum Gasteiger partial charge on any atom is 0.259 e. The molecule has 0 aliphatic heterocycles. The molecule has 3 rings (SSSR count). The fourth-order valence-corrected chi connectivity index (χ4v) is 3.01. The van der Waals surface area contributed by atoms with Crippen molar-refractivity contribution < 1.29 is 14.7 Å². The highest BCUT2D eigenvalue weighted by molar-refractivity contribution is 9.10. The number of fused-ring (bicyclic) bond motifs is 1. The number of carbonyl (C=O) groups excluding carboxylic acids is 2. The first-order valence-electron chi connectivity index (χ1n) is 7.26. The summed E-state index contributed by atoms with van der Waals surface area (Å²) in [4.78, 5) is 23.9. The molecule has 0 bridgehead atoms. The summed E-state index contributed by atoms with van der Waals surface area (Å²) in [5.74, 6) is -0.923. The minimum Gasteiger partial charge on any atom is -0.506 e. The molecular weight excluding hydrogens is 384 g/mol. The second-order valence-corrected chi connectivity index (χ2v) is 6.14. The van der Waals surface area contributed by atoms with Gasteiger partial charge in [0.05, 0.1) is 28.4 Å². The monoisotopic (exact) mass is 394 g/mol. The molecule has 0 radical (unpaired) electrons. The predicted octanol–water partition coefficient (Wildman–Crippen LogP) is 4.24. The van der Waals surface area contributed by atoms with Gasteiger partial charge in [-0.15, -0.1) is 0 Å². The lowest BCUT2D eigenvalue weighted by molar-refractivity contribution is 0.102. The van der Waals surface area contributed by atoms with Crippen LogP contribution in [0.15, 0.2) is 53.0 Å². The van der Waals surface area contributed by atoms with Gasteiger partial charge in [0.25, 0.3) is 5.91 Å². The highest BCUT2D eigenvalue weighted by Gasteiger charge is 2.18. The van der Waals surface area contributed by atoms with Crippen molar-refractivity contribution >= 4 is 44.6 Å². The topological polar surface area (TPSA) is 90.2 Å². The average Bonchev–Trinajstić information content (AvgIpc) is 2.62. The molecule has 5 nitrogen and oxygen atoms in total. The van der Waals surface area contributed by atoms with Gasteiger partial charge < -0.3 is 10.4 Å². The number of nitriles is 1. The van der Waals surface area contributed by atoms with E-state index in [1.807, 2.05) is 6.07 Å². The summed E-state index contributed by atoms with van der Waals surface area (Å²) >= 11 is 3.29. The normalized spacial score (nSPS) is 10.2. The molecule has 3 aromatic carbocycles. The summed E-state index contributed by atoms with van der Waals surface area (Å²) in [6.45, 7) is 0. The third-order valence-electron chi connectivity index (χ3n) is 3.77. The Bertz CT molecular complexity index is 1050. The third-order valence-corrected chi connectivity index (χ3v) is 4.43. The van der Waals surface area contributed by atoms with E-state index in [9.17, 15) is 14.7 Å². The SMILES string of the molecule is N#Cc1ccc(NC(=O)c2cc3ccccc3c(C=O)c2O)c(Br)c1. The molecule has 1 amide bonds. The number of benzene rings is 3. The van der Waals surface area contributed by atoms with E-state index in [2.05, 4.69) is 21.2 Å². The van der Waals surface area contributed by atoms with E-state index in [1.165, 1.54) is 6.07 Å². The largest absolute Gasteiger partial charge is 0.506 e. The molecule has 0 aromatic heterocycles. The number of nitrogens with one attached hydrogen (secondary N) is 1. The van der Waals surface area contributed by atoms with Crippen LogP contribution in [0.2, 0.25) is 0 Å². The van der Waals surface area contributed by atoms with Gasteiger partial charge in [-0.05, 0) is 51.0 Å². The van der Waals surface area contributed by atoms with E-state index in [0.717, 1.165) is 0 Å². The van der Waals surface area contributed by atoms with Crippen molar-refractivity contribution in [3.63, 3.8) is 0 Å². The van der Waals surface area contributed by atoms with Crippen molar-refractivity contribution in [1.29, 1.82) is 5.26 Å². The van der Waals surface area contributed by atoms with Crippen molar-refractivity contribution in [2.24, 2.45) is 0 Å². The molecule has 0 unspecified atom stereocenters. The van der Waals surface area contributed by atoms with Crippen molar-refractivity contribution in [1.82, 2.24) is 0 Å². The smallest absolute Gasteiger partial charge is 0.259 e. The quantitative estimate of drug-likeness (QED) is 0.649. The number of hydrogen-bond acceptors (Lipinski definition) is 4. The molecule has 0 saturated carbocycles. The number of aromatic hydroxyl groups is 1. The van der Waals surface area contributed by atoms with Crippen molar-refractivity contribution in [2.45, 2.75) is 0 Å². The van der Waals surface area contributed by atoms with E-state index in [1.54, 1.807) is 42.5 Å². The molecule has 0 spiro atoms. The summed E-state index contributed by atoms with van der Waals surface area (Å²) in [7, 11) is 0. The van der Waals surface area contributed by atoms with E-state index in [-0.39, 0.29) is 16.9 Å². The Morgan fingerprint density at radius 1 is 1.20 bits per heavy atom. The van der Waals surface area contributed by atoms with Crippen molar-refractivity contribution in [2.75, 3.05) is 5.32 Å². The summed E-state index contributed by atoms with van der Waals surface area (Å²) in [6, 6.07) is 15.3. The van der Waals surface area contributed by atoms with Crippen molar-refractivity contribution in [3.05, 3.63) is 69.7 Å². The van der Waals surface area contributed by atoms with Crippen LogP contribution < -0.4 is 5.32 Å². The maximum atomic E-state index is 12.6. The summed E-state index contributed by atoms with van der Waals surface area (Å²) < 4.78 is 0.538. The second-order valence-electron chi connectivity index (χ2n) is 5.29. The van der Waals surface area contributed by atoms with Crippen molar-refractivity contribution in [3.8, 4) is 11.8 Å². The summed E-state index contributed by atoms with van der Waals surface area (Å²) in [5, 5.41) is 23.1. The van der Waals surface area contributed by atoms with Crippen LogP contribution in [0.5, 0.6) is 5.75 Å². The van der Waals surface area contributed by atoms with E-state index < -0.39 is 5.91 Å². The van der Waals surface area contributed by atoms with Gasteiger partial charge in [-0.3, -0.25) is 9.59 Å². The first-order chi connectivity index (χ1) is 12.0. The second kappa shape index (κ2) is 6.75. The van der Waals surface area contributed by atoms with Gasteiger partial charge in [-0.2, -0.15) is 5.26 Å². The van der Waals surface area contributed by atoms with E-state index >= 15 is 0 Å². The Labute approximate surface area is 151 Å². The molecule has 3 aromatic rings. The van der Waals surface area contributed by atoms with Crippen LogP contribution in [0.4, 0.5) is 5.69 Å². The highest BCUT2D eigenvalue weighted by atomic mass is 79.9. The highest BCUT2D eigenvalue weighted by Crippen LogP contribution is 2.31. The summed E-state index contributed by atoms with van der Waals surface area (Å²) in [6.07, 6.45) is 0.534. The third kappa shape index (κ3) is 3.10. The van der Waals surface area contributed by atoms with E-state index in [4.69, 9.17) is 5.26 Å². The minimum absolute atomic E-state index is 0.00272. The molecule has 0 aliphatic carbocycles. The van der Waals surface area contributed by atoms with Crippen LogP contribution in [0, 0.1) is 11.3 Å². The minimum atomic E-state index is -0.559. The van der Waals surface area contributed by atoms with Crippen LogP contribution >= 0.6 is 15.9 Å². The molecule has 6 heteroatoms. The number of nitrogens with zero attached hydrogens (tertiary/aromatic N) is 1. The standard InChI is InChI=1S/C19H11BrN2O3/c20-16-7-11(9-21)5-6-17(16)22-19(25)14-8-12-3-1-2-4-13(12)15(10-23)18(14)24/h1-8,10,24H,(H,22,25). The number of anilines is 1. The number of carbonyl (C=O) groups is 2. The Balaban J connectivity index is 2.04. The lowest BCUT2D eigenvalue weighted by Crippen LogP contribution is -2.13.